The van der Waals surface area contributed by atoms with E-state index < -0.39 is 0 Å². The monoisotopic (exact) mass is 223 g/mol. The quantitative estimate of drug-likeness (QED) is 0.562. The number of carbonyl (C=O) groups excluding carboxylic acids is 1. The second-order valence-corrected chi connectivity index (χ2v) is 3.80. The molecule has 0 bridgehead atoms. The van der Waals surface area contributed by atoms with E-state index in [2.05, 4.69) is 4.99 Å². The van der Waals surface area contributed by atoms with Crippen molar-refractivity contribution in [2.75, 3.05) is 0 Å². The van der Waals surface area contributed by atoms with Crippen LogP contribution in [0.5, 0.6) is 0 Å². The van der Waals surface area contributed by atoms with E-state index in [9.17, 15) is 4.79 Å². The van der Waals surface area contributed by atoms with Crippen LogP contribution in [0, 0.1) is 0 Å². The Bertz CT molecular complexity index is 410. The minimum absolute atomic E-state index is 0.0525. The maximum absolute atomic E-state index is 11.4. The molecular formula is C12H14ClNO. The number of halogens is 1. The number of rotatable bonds is 3. The van der Waals surface area contributed by atoms with Gasteiger partial charge in [0.15, 0.2) is 5.78 Å². The van der Waals surface area contributed by atoms with Crippen LogP contribution in [0.2, 0.25) is 5.02 Å². The van der Waals surface area contributed by atoms with E-state index in [4.69, 9.17) is 11.6 Å². The van der Waals surface area contributed by atoms with Crippen LogP contribution in [0.4, 0.5) is 5.69 Å². The number of hydrogen-bond donors (Lipinski definition) is 0. The first-order chi connectivity index (χ1) is 7.06. The molecule has 2 nitrogen and oxygen atoms in total. The highest BCUT2D eigenvalue weighted by molar-refractivity contribution is 6.34. The Labute approximate surface area is 95.0 Å². The smallest absolute Gasteiger partial charge is 0.163 e. The van der Waals surface area contributed by atoms with E-state index in [1.165, 1.54) is 6.92 Å². The highest BCUT2D eigenvalue weighted by Gasteiger charge is 2.10. The fourth-order valence-electron chi connectivity index (χ4n) is 1.24. The molecule has 0 heterocycles. The summed E-state index contributed by atoms with van der Waals surface area (Å²) in [6.45, 7) is 5.46. The summed E-state index contributed by atoms with van der Waals surface area (Å²) < 4.78 is 0. The second-order valence-electron chi connectivity index (χ2n) is 3.39. The highest BCUT2D eigenvalue weighted by Crippen LogP contribution is 2.27. The van der Waals surface area contributed by atoms with Crippen molar-refractivity contribution in [3.63, 3.8) is 0 Å². The summed E-state index contributed by atoms with van der Waals surface area (Å²) in [6, 6.07) is 5.32. The van der Waals surface area contributed by atoms with Gasteiger partial charge in [0.05, 0.1) is 16.3 Å². The van der Waals surface area contributed by atoms with E-state index in [0.717, 1.165) is 12.1 Å². The average Bonchev–Trinajstić information content (AvgIpc) is 2.17. The average molecular weight is 224 g/mol. The van der Waals surface area contributed by atoms with Crippen molar-refractivity contribution in [1.29, 1.82) is 0 Å². The first-order valence-electron chi connectivity index (χ1n) is 4.89. The fraction of sp³-hybridized carbons (Fsp3) is 0.333. The topological polar surface area (TPSA) is 29.4 Å². The predicted molar refractivity (Wildman–Crippen MR) is 64.5 cm³/mol. The number of aliphatic imine (C=N–C) groups is 1. The zero-order valence-corrected chi connectivity index (χ0v) is 9.93. The van der Waals surface area contributed by atoms with Crippen molar-refractivity contribution < 1.29 is 4.79 Å². The molecule has 1 rings (SSSR count). The van der Waals surface area contributed by atoms with Gasteiger partial charge in [-0.25, -0.2) is 0 Å². The highest BCUT2D eigenvalue weighted by atomic mass is 35.5. The van der Waals surface area contributed by atoms with Crippen LogP contribution >= 0.6 is 11.6 Å². The molecule has 0 N–H and O–H groups in total. The molecule has 0 unspecified atom stereocenters. The van der Waals surface area contributed by atoms with Gasteiger partial charge in [-0.2, -0.15) is 0 Å². The predicted octanol–water partition coefficient (Wildman–Crippen LogP) is 4.05. The van der Waals surface area contributed by atoms with Crippen LogP contribution < -0.4 is 0 Å². The lowest BCUT2D eigenvalue weighted by molar-refractivity contribution is 0.101. The summed E-state index contributed by atoms with van der Waals surface area (Å²) in [6.07, 6.45) is 0.865. The minimum atomic E-state index is -0.0525. The largest absolute Gasteiger partial charge is 0.294 e. The number of carbonyl (C=O) groups is 1. The molecule has 15 heavy (non-hydrogen) atoms. The van der Waals surface area contributed by atoms with Crippen LogP contribution in [0.25, 0.3) is 0 Å². The molecule has 0 aliphatic rings. The third-order valence-electron chi connectivity index (χ3n) is 2.17. The molecule has 1 aromatic carbocycles. The van der Waals surface area contributed by atoms with E-state index >= 15 is 0 Å². The minimum Gasteiger partial charge on any atom is -0.294 e. The summed E-state index contributed by atoms with van der Waals surface area (Å²) in [4.78, 5) is 15.8. The summed E-state index contributed by atoms with van der Waals surface area (Å²) >= 11 is 5.96. The Kier molecular flexibility index (Phi) is 4.04. The van der Waals surface area contributed by atoms with Gasteiger partial charge in [-0.05, 0) is 32.4 Å². The zero-order chi connectivity index (χ0) is 11.4. The van der Waals surface area contributed by atoms with Crippen LogP contribution in [-0.2, 0) is 0 Å². The molecule has 0 spiro atoms. The van der Waals surface area contributed by atoms with Gasteiger partial charge in [0.25, 0.3) is 0 Å². The Balaban J connectivity index is 3.29. The normalized spacial score (nSPS) is 11.6. The number of nitrogens with zero attached hydrogens (tertiary/aromatic N) is 1. The molecule has 0 fully saturated rings. The molecule has 3 heteroatoms. The van der Waals surface area contributed by atoms with Gasteiger partial charge in [-0.1, -0.05) is 24.6 Å². The first kappa shape index (κ1) is 11.9. The Hall–Kier alpha value is -1.15. The Morgan fingerprint density at radius 3 is 2.60 bits per heavy atom. The molecule has 0 aliphatic heterocycles. The first-order valence-corrected chi connectivity index (χ1v) is 5.27. The number of ketones is 1. The molecule has 0 saturated carbocycles. The molecule has 0 radical (unpaired) electrons. The van der Waals surface area contributed by atoms with Crippen LogP contribution in [0.15, 0.2) is 23.2 Å². The summed E-state index contributed by atoms with van der Waals surface area (Å²) in [5, 5.41) is 0.465. The zero-order valence-electron chi connectivity index (χ0n) is 9.17. The van der Waals surface area contributed by atoms with Gasteiger partial charge in [-0.15, -0.1) is 0 Å². The number of Topliss-reactive ketones (excluding diaryl/α,β-unsaturated/α-hetero) is 1. The fourth-order valence-corrected chi connectivity index (χ4v) is 1.54. The molecule has 0 amide bonds. The number of hydrogen-bond acceptors (Lipinski definition) is 2. The van der Waals surface area contributed by atoms with Crippen LogP contribution in [0.1, 0.15) is 37.6 Å². The van der Waals surface area contributed by atoms with Crippen molar-refractivity contribution in [3.05, 3.63) is 28.8 Å². The molecular weight excluding hydrogens is 210 g/mol. The molecule has 0 atom stereocenters. The molecule has 0 aromatic heterocycles. The third kappa shape index (κ3) is 2.90. The van der Waals surface area contributed by atoms with Gasteiger partial charge in [0, 0.05) is 5.71 Å². The summed E-state index contributed by atoms with van der Waals surface area (Å²) in [5.74, 6) is -0.0525. The van der Waals surface area contributed by atoms with Gasteiger partial charge >= 0.3 is 0 Å². The second kappa shape index (κ2) is 5.08. The standard InChI is InChI=1S/C12H14ClNO/c1-4-8(2)14-11-7-5-6-10(13)12(11)9(3)15/h5-7H,4H2,1-3H3/b14-8+. The van der Waals surface area contributed by atoms with Crippen molar-refractivity contribution in [2.45, 2.75) is 27.2 Å². The molecule has 0 aliphatic carbocycles. The van der Waals surface area contributed by atoms with Gasteiger partial charge < -0.3 is 0 Å². The number of benzene rings is 1. The van der Waals surface area contributed by atoms with E-state index in [0.29, 0.717) is 16.3 Å². The van der Waals surface area contributed by atoms with E-state index in [1.54, 1.807) is 12.1 Å². The maximum atomic E-state index is 11.4. The van der Waals surface area contributed by atoms with Crippen LogP contribution in [-0.4, -0.2) is 11.5 Å². The molecule has 0 saturated heterocycles. The molecule has 1 aromatic rings. The lowest BCUT2D eigenvalue weighted by atomic mass is 10.1. The van der Waals surface area contributed by atoms with E-state index in [1.807, 2.05) is 19.9 Å². The Morgan fingerprint density at radius 2 is 2.07 bits per heavy atom. The Morgan fingerprint density at radius 1 is 1.40 bits per heavy atom. The third-order valence-corrected chi connectivity index (χ3v) is 2.48. The van der Waals surface area contributed by atoms with Gasteiger partial charge in [0.1, 0.15) is 0 Å². The van der Waals surface area contributed by atoms with Gasteiger partial charge in [0.2, 0.25) is 0 Å². The maximum Gasteiger partial charge on any atom is 0.163 e. The van der Waals surface area contributed by atoms with Crippen molar-refractivity contribution >= 4 is 28.8 Å². The lowest BCUT2D eigenvalue weighted by Crippen LogP contribution is -1.95. The molecule has 80 valence electrons. The van der Waals surface area contributed by atoms with Crippen molar-refractivity contribution in [3.8, 4) is 0 Å². The van der Waals surface area contributed by atoms with Gasteiger partial charge in [-0.3, -0.25) is 9.79 Å². The van der Waals surface area contributed by atoms with Crippen LogP contribution in [0.3, 0.4) is 0 Å². The summed E-state index contributed by atoms with van der Waals surface area (Å²) in [5.41, 5.74) is 2.15. The summed E-state index contributed by atoms with van der Waals surface area (Å²) in [7, 11) is 0. The lowest BCUT2D eigenvalue weighted by Gasteiger charge is -2.05. The SMILES string of the molecule is CC/C(C)=N/c1cccc(Cl)c1C(C)=O. The van der Waals surface area contributed by atoms with Crippen molar-refractivity contribution in [2.24, 2.45) is 4.99 Å². The van der Waals surface area contributed by atoms with Crippen molar-refractivity contribution in [1.82, 2.24) is 0 Å². The van der Waals surface area contributed by atoms with E-state index in [-0.39, 0.29) is 5.78 Å².